The summed E-state index contributed by atoms with van der Waals surface area (Å²) in [6.45, 7) is 0. The van der Waals surface area contributed by atoms with Crippen LogP contribution in [0.25, 0.3) is 4.91 Å². The van der Waals surface area contributed by atoms with Crippen molar-refractivity contribution in [3.63, 3.8) is 0 Å². The van der Waals surface area contributed by atoms with Crippen LogP contribution in [0.2, 0.25) is 0 Å². The molecule has 0 saturated carbocycles. The fourth-order valence-corrected chi connectivity index (χ4v) is 7.04. The van der Waals surface area contributed by atoms with Crippen molar-refractivity contribution in [3.05, 3.63) is 68.5 Å². The minimum Gasteiger partial charge on any atom is -0.384 e. The molecule has 0 spiro atoms. The predicted molar refractivity (Wildman–Crippen MR) is 106 cm³/mol. The van der Waals surface area contributed by atoms with Crippen LogP contribution in [0, 0.1) is 5.92 Å². The highest BCUT2D eigenvalue weighted by molar-refractivity contribution is 8.09. The van der Waals surface area contributed by atoms with Crippen molar-refractivity contribution >= 4 is 51.4 Å². The Kier molecular flexibility index (Phi) is 5.06. The largest absolute Gasteiger partial charge is 0.384 e. The molecule has 0 saturated heterocycles. The normalized spacial score (nSPS) is 25.2. The van der Waals surface area contributed by atoms with Crippen molar-refractivity contribution in [2.24, 2.45) is 5.92 Å². The summed E-state index contributed by atoms with van der Waals surface area (Å²) in [5.74, 6) is 1.31. The first-order chi connectivity index (χ1) is 11.7. The fraction of sp³-hybridized carbons (Fsp3) is 0.278. The molecule has 0 radical (unpaired) electrons. The second-order valence-corrected chi connectivity index (χ2v) is 9.53. The average molecular weight is 394 g/mol. The van der Waals surface area contributed by atoms with Crippen LogP contribution < -0.4 is 0 Å². The molecule has 4 heterocycles. The molecule has 0 amide bonds. The van der Waals surface area contributed by atoms with E-state index in [4.69, 9.17) is 11.6 Å². The highest BCUT2D eigenvalue weighted by Crippen LogP contribution is 2.53. The molecule has 0 aromatic carbocycles. The molecule has 2 aliphatic rings. The van der Waals surface area contributed by atoms with Crippen LogP contribution in [0.4, 0.5) is 0 Å². The molecule has 2 aromatic rings. The smallest absolute Gasteiger partial charge is 0.103 e. The zero-order valence-corrected chi connectivity index (χ0v) is 16.0. The van der Waals surface area contributed by atoms with E-state index in [-0.39, 0.29) is 0 Å². The zero-order chi connectivity index (χ0) is 16.5. The molecule has 2 nitrogen and oxygen atoms in total. The third kappa shape index (κ3) is 3.20. The molecule has 1 N–H and O–H groups in total. The van der Waals surface area contributed by atoms with Crippen LogP contribution in [-0.4, -0.2) is 21.1 Å². The number of hydrogen-bond donors (Lipinski definition) is 1. The molecule has 0 aliphatic carbocycles. The first-order valence-electron chi connectivity index (χ1n) is 7.74. The molecule has 3 atom stereocenters. The van der Waals surface area contributed by atoms with Crippen LogP contribution >= 0.6 is 46.5 Å². The molecule has 3 unspecified atom stereocenters. The lowest BCUT2D eigenvalue weighted by atomic mass is 9.87. The molecule has 4 rings (SSSR count). The van der Waals surface area contributed by atoms with Gasteiger partial charge >= 0.3 is 0 Å². The molecular formula is C18H16ClNOS3. The summed E-state index contributed by atoms with van der Waals surface area (Å²) < 4.78 is 0.879. The molecule has 2 aromatic heterocycles. The van der Waals surface area contributed by atoms with Gasteiger partial charge < -0.3 is 5.11 Å². The van der Waals surface area contributed by atoms with E-state index in [1.807, 2.05) is 23.9 Å². The second-order valence-electron chi connectivity index (χ2n) is 5.80. The van der Waals surface area contributed by atoms with Crippen LogP contribution in [-0.2, 0) is 0 Å². The Labute approximate surface area is 159 Å². The van der Waals surface area contributed by atoms with E-state index >= 15 is 0 Å². The van der Waals surface area contributed by atoms with Gasteiger partial charge in [-0.15, -0.1) is 23.5 Å². The number of nitrogens with zero attached hydrogens (tertiary/aromatic N) is 1. The van der Waals surface area contributed by atoms with Gasteiger partial charge in [0.05, 0.1) is 4.36 Å². The van der Waals surface area contributed by atoms with Crippen molar-refractivity contribution in [1.29, 1.82) is 0 Å². The van der Waals surface area contributed by atoms with E-state index in [1.165, 1.54) is 10.5 Å². The van der Waals surface area contributed by atoms with Gasteiger partial charge in [-0.05, 0) is 40.5 Å². The topological polar surface area (TPSA) is 33.1 Å². The highest BCUT2D eigenvalue weighted by atomic mass is 35.5. The number of halogens is 1. The number of hydrogen-bond acceptors (Lipinski definition) is 5. The Morgan fingerprint density at radius 2 is 2.25 bits per heavy atom. The molecule has 124 valence electrons. The number of aliphatic hydroxyl groups is 1. The van der Waals surface area contributed by atoms with Gasteiger partial charge in [0.1, 0.15) is 6.10 Å². The summed E-state index contributed by atoms with van der Waals surface area (Å²) in [4.78, 5) is 5.40. The molecule has 0 fully saturated rings. The maximum atomic E-state index is 11.1. The summed E-state index contributed by atoms with van der Waals surface area (Å²) in [5.41, 5.74) is 3.20. The minimum atomic E-state index is -0.617. The molecular weight excluding hydrogens is 378 g/mol. The van der Waals surface area contributed by atoms with Gasteiger partial charge in [0, 0.05) is 39.8 Å². The maximum absolute atomic E-state index is 11.1. The van der Waals surface area contributed by atoms with Gasteiger partial charge in [0.25, 0.3) is 0 Å². The van der Waals surface area contributed by atoms with Crippen LogP contribution in [0.15, 0.2) is 57.4 Å². The van der Waals surface area contributed by atoms with Crippen molar-refractivity contribution in [2.75, 3.05) is 5.75 Å². The summed E-state index contributed by atoms with van der Waals surface area (Å²) >= 11 is 11.5. The van der Waals surface area contributed by atoms with Crippen molar-refractivity contribution < 1.29 is 5.11 Å². The number of pyridine rings is 1. The highest BCUT2D eigenvalue weighted by Gasteiger charge is 2.38. The van der Waals surface area contributed by atoms with Crippen LogP contribution in [0.5, 0.6) is 0 Å². The van der Waals surface area contributed by atoms with Crippen molar-refractivity contribution in [3.8, 4) is 0 Å². The predicted octanol–water partition coefficient (Wildman–Crippen LogP) is 5.54. The van der Waals surface area contributed by atoms with Gasteiger partial charge in [0.15, 0.2) is 0 Å². The first kappa shape index (κ1) is 16.7. The Morgan fingerprint density at radius 3 is 2.92 bits per heavy atom. The molecule has 2 aliphatic heterocycles. The van der Waals surface area contributed by atoms with Crippen molar-refractivity contribution in [1.82, 2.24) is 4.98 Å². The molecule has 0 bridgehead atoms. The lowest BCUT2D eigenvalue weighted by Crippen LogP contribution is -2.21. The van der Waals surface area contributed by atoms with E-state index in [0.717, 1.165) is 27.7 Å². The Bertz CT molecular complexity index is 773. The lowest BCUT2D eigenvalue weighted by molar-refractivity contribution is 0.204. The average Bonchev–Trinajstić information content (AvgIpc) is 3.34. The number of thiophene rings is 1. The lowest BCUT2D eigenvalue weighted by Gasteiger charge is -2.25. The van der Waals surface area contributed by atoms with E-state index in [9.17, 15) is 5.11 Å². The minimum absolute atomic E-state index is 0.317. The van der Waals surface area contributed by atoms with E-state index in [2.05, 4.69) is 27.9 Å². The van der Waals surface area contributed by atoms with E-state index in [0.29, 0.717) is 11.2 Å². The summed E-state index contributed by atoms with van der Waals surface area (Å²) in [7, 11) is 0. The number of rotatable bonds is 4. The standard InChI is InChI=1S/C18H16ClNOS3/c19-15-4-3-14(24-15)13-10-23-18(12-5-7-22-9-12)16(13)17(21)11-2-1-6-20-8-11/h1-2,4-9,13-14,17,21H,3,10H2. The fourth-order valence-electron chi connectivity index (χ4n) is 3.21. The third-order valence-corrected chi connectivity index (χ3v) is 7.98. The second kappa shape index (κ2) is 7.26. The van der Waals surface area contributed by atoms with Crippen LogP contribution in [0.3, 0.4) is 0 Å². The Hall–Kier alpha value is -0.720. The first-order valence-corrected chi connectivity index (χ1v) is 10.9. The number of aromatic nitrogens is 1. The number of aliphatic hydroxyl groups excluding tert-OH is 1. The van der Waals surface area contributed by atoms with Gasteiger partial charge in [-0.1, -0.05) is 23.7 Å². The van der Waals surface area contributed by atoms with Gasteiger partial charge in [-0.2, -0.15) is 11.3 Å². The van der Waals surface area contributed by atoms with E-state index < -0.39 is 6.10 Å². The number of allylic oxidation sites excluding steroid dienone is 1. The Morgan fingerprint density at radius 1 is 1.33 bits per heavy atom. The summed E-state index contributed by atoms with van der Waals surface area (Å²) in [5, 5.41) is 15.8. The Balaban J connectivity index is 1.74. The van der Waals surface area contributed by atoms with Gasteiger partial charge in [-0.25, -0.2) is 0 Å². The number of thioether (sulfide) groups is 2. The van der Waals surface area contributed by atoms with Gasteiger partial charge in [-0.3, -0.25) is 4.98 Å². The van der Waals surface area contributed by atoms with E-state index in [1.54, 1.807) is 35.5 Å². The van der Waals surface area contributed by atoms with Gasteiger partial charge in [0.2, 0.25) is 0 Å². The third-order valence-electron chi connectivity index (χ3n) is 4.37. The molecule has 6 heteroatoms. The maximum Gasteiger partial charge on any atom is 0.103 e. The molecule has 24 heavy (non-hydrogen) atoms. The SMILES string of the molecule is OC(C1=C(c2ccsc2)SCC1C1CC=C(Cl)S1)c1cccnc1. The van der Waals surface area contributed by atoms with Crippen LogP contribution in [0.1, 0.15) is 23.7 Å². The van der Waals surface area contributed by atoms with Crippen molar-refractivity contribution in [2.45, 2.75) is 17.8 Å². The quantitative estimate of drug-likeness (QED) is 0.739. The summed E-state index contributed by atoms with van der Waals surface area (Å²) in [6.07, 6.45) is 5.94. The zero-order valence-electron chi connectivity index (χ0n) is 12.8. The summed E-state index contributed by atoms with van der Waals surface area (Å²) in [6, 6.07) is 5.96. The monoisotopic (exact) mass is 393 g/mol.